The number of amides is 1. The van der Waals surface area contributed by atoms with Gasteiger partial charge in [0.05, 0.1) is 0 Å². The molecule has 0 bridgehead atoms. The maximum absolute atomic E-state index is 11.6. The van der Waals surface area contributed by atoms with E-state index < -0.39 is 0 Å². The Morgan fingerprint density at radius 2 is 2.46 bits per heavy atom. The third-order valence-corrected chi connectivity index (χ3v) is 3.20. The van der Waals surface area contributed by atoms with Crippen LogP contribution in [0.3, 0.4) is 0 Å². The molecule has 2 fully saturated rings. The van der Waals surface area contributed by atoms with E-state index in [9.17, 15) is 4.79 Å². The average molecular weight is 183 g/mol. The van der Waals surface area contributed by atoms with Crippen molar-refractivity contribution in [3.05, 3.63) is 0 Å². The predicted octanol–water partition coefficient (Wildman–Crippen LogP) is -0.941. The van der Waals surface area contributed by atoms with E-state index in [-0.39, 0.29) is 17.9 Å². The number of carbonyl (C=O) groups is 1. The summed E-state index contributed by atoms with van der Waals surface area (Å²) in [4.78, 5) is 11.6. The van der Waals surface area contributed by atoms with Crippen LogP contribution in [0.4, 0.5) is 0 Å². The molecule has 1 heterocycles. The fourth-order valence-corrected chi connectivity index (χ4v) is 1.96. The van der Waals surface area contributed by atoms with Gasteiger partial charge in [0.2, 0.25) is 5.91 Å². The molecule has 4 nitrogen and oxygen atoms in total. The van der Waals surface area contributed by atoms with E-state index in [4.69, 9.17) is 5.73 Å². The number of rotatable bonds is 3. The Morgan fingerprint density at radius 3 is 2.85 bits per heavy atom. The van der Waals surface area contributed by atoms with Crippen LogP contribution in [0, 0.1) is 11.3 Å². The first kappa shape index (κ1) is 8.97. The summed E-state index contributed by atoms with van der Waals surface area (Å²) in [5.74, 6) is 0.446. The second-order valence-electron chi connectivity index (χ2n) is 4.37. The van der Waals surface area contributed by atoms with Crippen LogP contribution < -0.4 is 16.4 Å². The minimum absolute atomic E-state index is 0.109. The molecule has 4 heteroatoms. The Labute approximate surface area is 78.2 Å². The second-order valence-corrected chi connectivity index (χ2v) is 4.37. The lowest BCUT2D eigenvalue weighted by atomic mass is 9.96. The molecular formula is C9H17N3O. The van der Waals surface area contributed by atoms with E-state index in [2.05, 4.69) is 10.6 Å². The molecule has 0 radical (unpaired) electrons. The number of carbonyl (C=O) groups excluding carboxylic acids is 1. The normalized spacial score (nSPS) is 30.8. The van der Waals surface area contributed by atoms with Gasteiger partial charge < -0.3 is 16.4 Å². The van der Waals surface area contributed by atoms with Gasteiger partial charge in [-0.05, 0) is 13.3 Å². The Bertz CT molecular complexity index is 225. The van der Waals surface area contributed by atoms with Gasteiger partial charge in [-0.3, -0.25) is 4.79 Å². The third-order valence-electron chi connectivity index (χ3n) is 3.20. The van der Waals surface area contributed by atoms with Gasteiger partial charge in [-0.15, -0.1) is 0 Å². The van der Waals surface area contributed by atoms with E-state index >= 15 is 0 Å². The first-order valence-electron chi connectivity index (χ1n) is 4.89. The van der Waals surface area contributed by atoms with Crippen molar-refractivity contribution in [2.45, 2.75) is 19.4 Å². The summed E-state index contributed by atoms with van der Waals surface area (Å²) < 4.78 is 0. The summed E-state index contributed by atoms with van der Waals surface area (Å²) >= 11 is 0. The highest BCUT2D eigenvalue weighted by Crippen LogP contribution is 2.55. The molecule has 1 saturated carbocycles. The van der Waals surface area contributed by atoms with Crippen molar-refractivity contribution in [3.63, 3.8) is 0 Å². The Balaban J connectivity index is 1.79. The molecule has 0 aromatic heterocycles. The van der Waals surface area contributed by atoms with Crippen molar-refractivity contribution in [1.82, 2.24) is 10.6 Å². The summed E-state index contributed by atoms with van der Waals surface area (Å²) in [5, 5.41) is 6.13. The van der Waals surface area contributed by atoms with Crippen molar-refractivity contribution in [3.8, 4) is 0 Å². The van der Waals surface area contributed by atoms with Gasteiger partial charge in [0.1, 0.15) is 0 Å². The molecule has 0 aromatic carbocycles. The average Bonchev–Trinajstić information content (AvgIpc) is 2.77. The number of nitrogens with one attached hydrogen (secondary N) is 2. The van der Waals surface area contributed by atoms with E-state index in [0.717, 1.165) is 19.5 Å². The Hall–Kier alpha value is -0.610. The molecule has 2 atom stereocenters. The van der Waals surface area contributed by atoms with Crippen molar-refractivity contribution < 1.29 is 4.79 Å². The summed E-state index contributed by atoms with van der Waals surface area (Å²) in [7, 11) is 0. The molecule has 1 aliphatic heterocycles. The first-order chi connectivity index (χ1) is 6.18. The monoisotopic (exact) mass is 183 g/mol. The molecule has 1 saturated heterocycles. The predicted molar refractivity (Wildman–Crippen MR) is 50.1 cm³/mol. The maximum atomic E-state index is 11.6. The first-order valence-corrected chi connectivity index (χ1v) is 4.89. The minimum Gasteiger partial charge on any atom is -0.352 e. The van der Waals surface area contributed by atoms with Crippen LogP contribution in [-0.4, -0.2) is 31.6 Å². The van der Waals surface area contributed by atoms with Crippen LogP contribution in [-0.2, 0) is 4.79 Å². The van der Waals surface area contributed by atoms with Crippen LogP contribution in [0.25, 0.3) is 0 Å². The van der Waals surface area contributed by atoms with Gasteiger partial charge >= 0.3 is 0 Å². The standard InChI is InChI=1S/C9H17N3O/c1-6(3-10)12-8(13)7-2-9(7)4-11-5-9/h6-7,11H,2-5,10H2,1H3,(H,12,13)/t6-,7?/m1/s1. The summed E-state index contributed by atoms with van der Waals surface area (Å²) in [6, 6.07) is 0.109. The van der Waals surface area contributed by atoms with Gasteiger partial charge in [-0.2, -0.15) is 0 Å². The highest BCUT2D eigenvalue weighted by molar-refractivity contribution is 5.83. The molecule has 1 aliphatic carbocycles. The number of hydrogen-bond donors (Lipinski definition) is 3. The zero-order chi connectivity index (χ0) is 9.47. The molecule has 1 amide bonds. The fraction of sp³-hybridized carbons (Fsp3) is 0.889. The Kier molecular flexibility index (Phi) is 2.04. The van der Waals surface area contributed by atoms with E-state index in [1.807, 2.05) is 6.92 Å². The van der Waals surface area contributed by atoms with Crippen LogP contribution in [0.1, 0.15) is 13.3 Å². The quantitative estimate of drug-likeness (QED) is 0.529. The molecule has 2 rings (SSSR count). The largest absolute Gasteiger partial charge is 0.352 e. The van der Waals surface area contributed by atoms with E-state index in [1.165, 1.54) is 0 Å². The lowest BCUT2D eigenvalue weighted by Crippen LogP contribution is -2.48. The summed E-state index contributed by atoms with van der Waals surface area (Å²) in [6.45, 7) is 4.49. The number of nitrogens with two attached hydrogens (primary N) is 1. The summed E-state index contributed by atoms with van der Waals surface area (Å²) in [6.07, 6.45) is 1.06. The van der Waals surface area contributed by atoms with Crippen LogP contribution in [0.15, 0.2) is 0 Å². The highest BCUT2D eigenvalue weighted by Gasteiger charge is 2.61. The summed E-state index contributed by atoms with van der Waals surface area (Å²) in [5.41, 5.74) is 5.76. The third kappa shape index (κ3) is 1.44. The lowest BCUT2D eigenvalue weighted by molar-refractivity contribution is -0.124. The molecular weight excluding hydrogens is 166 g/mol. The van der Waals surface area contributed by atoms with Crippen molar-refractivity contribution in [1.29, 1.82) is 0 Å². The van der Waals surface area contributed by atoms with Crippen molar-refractivity contribution in [2.24, 2.45) is 17.1 Å². The SMILES string of the molecule is C[C@H](CN)NC(=O)C1CC12CNC2. The van der Waals surface area contributed by atoms with E-state index in [0.29, 0.717) is 12.0 Å². The smallest absolute Gasteiger partial charge is 0.224 e. The molecule has 0 aromatic rings. The van der Waals surface area contributed by atoms with Gasteiger partial charge in [-0.25, -0.2) is 0 Å². The van der Waals surface area contributed by atoms with Crippen LogP contribution in [0.5, 0.6) is 0 Å². The molecule has 1 spiro atoms. The highest BCUT2D eigenvalue weighted by atomic mass is 16.2. The molecule has 4 N–H and O–H groups in total. The van der Waals surface area contributed by atoms with Gasteiger partial charge in [0, 0.05) is 37.0 Å². The molecule has 74 valence electrons. The van der Waals surface area contributed by atoms with Gasteiger partial charge in [-0.1, -0.05) is 0 Å². The maximum Gasteiger partial charge on any atom is 0.224 e. The molecule has 13 heavy (non-hydrogen) atoms. The second kappa shape index (κ2) is 2.96. The zero-order valence-electron chi connectivity index (χ0n) is 7.97. The Morgan fingerprint density at radius 1 is 1.77 bits per heavy atom. The number of hydrogen-bond acceptors (Lipinski definition) is 3. The van der Waals surface area contributed by atoms with Crippen LogP contribution in [0.2, 0.25) is 0 Å². The van der Waals surface area contributed by atoms with Gasteiger partial charge in [0.15, 0.2) is 0 Å². The molecule has 2 aliphatic rings. The van der Waals surface area contributed by atoms with Crippen molar-refractivity contribution in [2.75, 3.05) is 19.6 Å². The lowest BCUT2D eigenvalue weighted by Gasteiger charge is -2.28. The van der Waals surface area contributed by atoms with Crippen LogP contribution >= 0.6 is 0 Å². The fourth-order valence-electron chi connectivity index (χ4n) is 1.96. The molecule has 1 unspecified atom stereocenters. The van der Waals surface area contributed by atoms with Gasteiger partial charge in [0.25, 0.3) is 0 Å². The minimum atomic E-state index is 0.109. The van der Waals surface area contributed by atoms with Crippen molar-refractivity contribution >= 4 is 5.91 Å². The van der Waals surface area contributed by atoms with E-state index in [1.54, 1.807) is 0 Å². The topological polar surface area (TPSA) is 67.1 Å². The zero-order valence-corrected chi connectivity index (χ0v) is 7.97.